The third-order valence-electron chi connectivity index (χ3n) is 5.06. The maximum absolute atomic E-state index is 12.9. The second-order valence-electron chi connectivity index (χ2n) is 7.31. The Morgan fingerprint density at radius 2 is 1.71 bits per heavy atom. The van der Waals surface area contributed by atoms with E-state index < -0.39 is 11.2 Å². The van der Waals surface area contributed by atoms with Crippen LogP contribution >= 0.6 is 15.9 Å². The average molecular weight is 481 g/mol. The molecule has 0 bridgehead atoms. The molecule has 0 unspecified atom stereocenters. The summed E-state index contributed by atoms with van der Waals surface area (Å²) in [6.45, 7) is 2.42. The highest BCUT2D eigenvalue weighted by atomic mass is 79.9. The van der Waals surface area contributed by atoms with Crippen LogP contribution < -0.4 is 16.7 Å². The van der Waals surface area contributed by atoms with Crippen LogP contribution in [0.1, 0.15) is 16.7 Å². The number of nitrogens with zero attached hydrogens (tertiary/aromatic N) is 5. The van der Waals surface area contributed by atoms with Gasteiger partial charge in [0.05, 0.1) is 12.8 Å². The Bertz CT molecular complexity index is 1400. The van der Waals surface area contributed by atoms with Crippen molar-refractivity contribution in [3.8, 4) is 0 Å². The molecule has 0 aliphatic rings. The molecular formula is C22H21BrN6O2. The second kappa shape index (κ2) is 8.35. The van der Waals surface area contributed by atoms with Crippen LogP contribution in [0.15, 0.2) is 67.7 Å². The summed E-state index contributed by atoms with van der Waals surface area (Å²) in [5.41, 5.74) is 5.81. The van der Waals surface area contributed by atoms with Crippen LogP contribution in [-0.4, -0.2) is 24.9 Å². The van der Waals surface area contributed by atoms with Crippen molar-refractivity contribution in [3.05, 3.63) is 90.5 Å². The standard InChI is InChI=1S/C22H21BrN6O2/c1-14-4-6-16(7-5-14)13-29-18-19(27(2)22(31)28(3)20(18)30)25-21(29)26-24-12-15-8-10-17(23)11-9-15/h4-12H,13H2,1-3H3,(H,25,26)/b24-12-. The highest BCUT2D eigenvalue weighted by Gasteiger charge is 2.19. The second-order valence-corrected chi connectivity index (χ2v) is 8.22. The van der Waals surface area contributed by atoms with Crippen LogP contribution in [0.5, 0.6) is 0 Å². The summed E-state index contributed by atoms with van der Waals surface area (Å²) in [6, 6.07) is 15.7. The number of benzene rings is 2. The first kappa shape index (κ1) is 20.8. The van der Waals surface area contributed by atoms with E-state index in [2.05, 4.69) is 31.4 Å². The molecule has 0 atom stereocenters. The predicted octanol–water partition coefficient (Wildman–Crippen LogP) is 3.00. The first-order chi connectivity index (χ1) is 14.8. The minimum absolute atomic E-state index is 0.307. The van der Waals surface area contributed by atoms with E-state index in [9.17, 15) is 9.59 Å². The fourth-order valence-electron chi connectivity index (χ4n) is 3.28. The molecule has 2 aromatic carbocycles. The summed E-state index contributed by atoms with van der Waals surface area (Å²) >= 11 is 3.41. The van der Waals surface area contributed by atoms with E-state index in [-0.39, 0.29) is 0 Å². The fourth-order valence-corrected chi connectivity index (χ4v) is 3.54. The van der Waals surface area contributed by atoms with Crippen molar-refractivity contribution in [2.45, 2.75) is 13.5 Å². The van der Waals surface area contributed by atoms with Crippen LogP contribution in [0.25, 0.3) is 11.2 Å². The van der Waals surface area contributed by atoms with E-state index in [0.717, 1.165) is 25.7 Å². The molecule has 0 aliphatic carbocycles. The molecular weight excluding hydrogens is 460 g/mol. The molecule has 0 amide bonds. The maximum atomic E-state index is 12.9. The molecule has 0 saturated heterocycles. The average Bonchev–Trinajstić information content (AvgIpc) is 3.12. The monoisotopic (exact) mass is 480 g/mol. The fraction of sp³-hybridized carbons (Fsp3) is 0.182. The number of anilines is 1. The number of rotatable bonds is 5. The van der Waals surface area contributed by atoms with Gasteiger partial charge in [-0.3, -0.25) is 18.5 Å². The smallest absolute Gasteiger partial charge is 0.298 e. The highest BCUT2D eigenvalue weighted by Crippen LogP contribution is 2.18. The Morgan fingerprint density at radius 3 is 2.39 bits per heavy atom. The number of hydrazone groups is 1. The number of aryl methyl sites for hydroxylation is 2. The van der Waals surface area contributed by atoms with Gasteiger partial charge in [0.15, 0.2) is 11.2 Å². The largest absolute Gasteiger partial charge is 0.332 e. The van der Waals surface area contributed by atoms with E-state index in [1.54, 1.807) is 17.8 Å². The Balaban J connectivity index is 1.80. The molecule has 158 valence electrons. The molecule has 9 heteroatoms. The van der Waals surface area contributed by atoms with Crippen LogP contribution in [0, 0.1) is 6.92 Å². The van der Waals surface area contributed by atoms with Gasteiger partial charge in [-0.25, -0.2) is 10.2 Å². The van der Waals surface area contributed by atoms with Crippen LogP contribution in [0.4, 0.5) is 5.95 Å². The van der Waals surface area contributed by atoms with E-state index in [1.165, 1.54) is 11.6 Å². The van der Waals surface area contributed by atoms with Crippen LogP contribution in [0.2, 0.25) is 0 Å². The van der Waals surface area contributed by atoms with E-state index in [0.29, 0.717) is 23.7 Å². The first-order valence-electron chi connectivity index (χ1n) is 9.61. The molecule has 0 spiro atoms. The quantitative estimate of drug-likeness (QED) is 0.351. The molecule has 4 aromatic rings. The number of fused-ring (bicyclic) bond motifs is 1. The lowest BCUT2D eigenvalue weighted by Crippen LogP contribution is -2.37. The molecule has 0 saturated carbocycles. The molecule has 0 radical (unpaired) electrons. The number of aromatic nitrogens is 4. The lowest BCUT2D eigenvalue weighted by Gasteiger charge is -2.09. The van der Waals surface area contributed by atoms with Gasteiger partial charge < -0.3 is 0 Å². The summed E-state index contributed by atoms with van der Waals surface area (Å²) < 4.78 is 5.19. The Labute approximate surface area is 186 Å². The van der Waals surface area contributed by atoms with Crippen molar-refractivity contribution in [2.75, 3.05) is 5.43 Å². The summed E-state index contributed by atoms with van der Waals surface area (Å²) in [5, 5.41) is 4.29. The van der Waals surface area contributed by atoms with Gasteiger partial charge in [-0.1, -0.05) is 57.9 Å². The summed E-state index contributed by atoms with van der Waals surface area (Å²) in [6.07, 6.45) is 1.67. The molecule has 4 rings (SSSR count). The van der Waals surface area contributed by atoms with E-state index in [1.807, 2.05) is 55.5 Å². The first-order valence-corrected chi connectivity index (χ1v) is 10.4. The molecule has 1 N–H and O–H groups in total. The van der Waals surface area contributed by atoms with Gasteiger partial charge >= 0.3 is 5.69 Å². The normalized spacial score (nSPS) is 11.5. The molecule has 2 heterocycles. The SMILES string of the molecule is Cc1ccc(Cn2c(N/N=C\c3ccc(Br)cc3)nc3c2c(=O)n(C)c(=O)n3C)cc1. The molecule has 8 nitrogen and oxygen atoms in total. The maximum Gasteiger partial charge on any atom is 0.332 e. The van der Waals surface area contributed by atoms with Crippen molar-refractivity contribution < 1.29 is 0 Å². The minimum atomic E-state index is -0.428. The molecule has 31 heavy (non-hydrogen) atoms. The predicted molar refractivity (Wildman–Crippen MR) is 126 cm³/mol. The molecule has 2 aromatic heterocycles. The number of hydrogen-bond acceptors (Lipinski definition) is 5. The zero-order chi connectivity index (χ0) is 22.1. The van der Waals surface area contributed by atoms with Crippen LogP contribution in [0.3, 0.4) is 0 Å². The number of imidazole rings is 1. The highest BCUT2D eigenvalue weighted by molar-refractivity contribution is 9.10. The van der Waals surface area contributed by atoms with Gasteiger partial charge in [-0.15, -0.1) is 0 Å². The van der Waals surface area contributed by atoms with Crippen LogP contribution in [-0.2, 0) is 20.6 Å². The van der Waals surface area contributed by atoms with Crippen molar-refractivity contribution in [1.82, 2.24) is 18.7 Å². The summed E-state index contributed by atoms with van der Waals surface area (Å²) in [7, 11) is 3.06. The lowest BCUT2D eigenvalue weighted by atomic mass is 10.1. The summed E-state index contributed by atoms with van der Waals surface area (Å²) in [5.74, 6) is 0.377. The zero-order valence-corrected chi connectivity index (χ0v) is 18.9. The van der Waals surface area contributed by atoms with Crippen molar-refractivity contribution >= 4 is 39.3 Å². The van der Waals surface area contributed by atoms with Crippen molar-refractivity contribution in [3.63, 3.8) is 0 Å². The van der Waals surface area contributed by atoms with Gasteiger partial charge in [0.1, 0.15) is 0 Å². The number of halogens is 1. The Kier molecular flexibility index (Phi) is 5.60. The minimum Gasteiger partial charge on any atom is -0.298 e. The third kappa shape index (κ3) is 4.09. The van der Waals surface area contributed by atoms with Crippen molar-refractivity contribution in [2.24, 2.45) is 19.2 Å². The van der Waals surface area contributed by atoms with Gasteiger partial charge in [0, 0.05) is 18.6 Å². The van der Waals surface area contributed by atoms with Crippen molar-refractivity contribution in [1.29, 1.82) is 0 Å². The van der Waals surface area contributed by atoms with E-state index >= 15 is 0 Å². The van der Waals surface area contributed by atoms with Gasteiger partial charge in [-0.2, -0.15) is 10.1 Å². The number of hydrogen-bond donors (Lipinski definition) is 1. The molecule has 0 fully saturated rings. The topological polar surface area (TPSA) is 86.2 Å². The van der Waals surface area contributed by atoms with Gasteiger partial charge in [0.25, 0.3) is 5.56 Å². The Morgan fingerprint density at radius 1 is 1.03 bits per heavy atom. The Hall–Kier alpha value is -3.46. The summed E-state index contributed by atoms with van der Waals surface area (Å²) in [4.78, 5) is 29.8. The number of nitrogens with one attached hydrogen (secondary N) is 1. The van der Waals surface area contributed by atoms with Gasteiger partial charge in [0.2, 0.25) is 5.95 Å². The van der Waals surface area contributed by atoms with E-state index in [4.69, 9.17) is 0 Å². The molecule has 0 aliphatic heterocycles. The van der Waals surface area contributed by atoms with Gasteiger partial charge in [-0.05, 0) is 30.2 Å². The lowest BCUT2D eigenvalue weighted by molar-refractivity contribution is 0.702. The zero-order valence-electron chi connectivity index (χ0n) is 17.3. The third-order valence-corrected chi connectivity index (χ3v) is 5.59.